The van der Waals surface area contributed by atoms with E-state index in [2.05, 4.69) is 0 Å². The second-order valence-electron chi connectivity index (χ2n) is 4.79. The number of aliphatic carboxylic acids is 1. The Morgan fingerprint density at radius 1 is 1.47 bits per heavy atom. The van der Waals surface area contributed by atoms with Gasteiger partial charge in [-0.25, -0.2) is 4.79 Å². The summed E-state index contributed by atoms with van der Waals surface area (Å²) in [6, 6.07) is -1.27. The fourth-order valence-corrected chi connectivity index (χ4v) is 2.14. The molecule has 1 unspecified atom stereocenters. The molecule has 0 radical (unpaired) electrons. The summed E-state index contributed by atoms with van der Waals surface area (Å²) in [5.74, 6) is -1.06. The number of carboxylic acids is 1. The number of hydrogen-bond acceptors (Lipinski definition) is 3. The fraction of sp³-hybridized carbons (Fsp3) is 0.833. The summed E-state index contributed by atoms with van der Waals surface area (Å²) in [7, 11) is 0. The van der Waals surface area contributed by atoms with Crippen molar-refractivity contribution in [2.24, 2.45) is 11.7 Å². The van der Waals surface area contributed by atoms with Gasteiger partial charge in [-0.15, -0.1) is 0 Å². The molecule has 1 aliphatic rings. The first kappa shape index (κ1) is 14.0. The smallest absolute Gasteiger partial charge is 0.326 e. The van der Waals surface area contributed by atoms with Crippen molar-refractivity contribution < 1.29 is 14.7 Å². The number of rotatable bonds is 4. The molecule has 1 saturated heterocycles. The van der Waals surface area contributed by atoms with Gasteiger partial charge in [0.1, 0.15) is 6.04 Å². The molecule has 0 aromatic heterocycles. The van der Waals surface area contributed by atoms with Crippen LogP contribution in [0.1, 0.15) is 39.5 Å². The van der Waals surface area contributed by atoms with Crippen LogP contribution in [0.2, 0.25) is 0 Å². The Hall–Kier alpha value is -1.10. The third kappa shape index (κ3) is 3.19. The molecule has 0 saturated carbocycles. The van der Waals surface area contributed by atoms with E-state index in [1.54, 1.807) is 0 Å². The summed E-state index contributed by atoms with van der Waals surface area (Å²) < 4.78 is 0. The van der Waals surface area contributed by atoms with Gasteiger partial charge in [-0.2, -0.15) is 0 Å². The van der Waals surface area contributed by atoms with Gasteiger partial charge in [0, 0.05) is 6.54 Å². The van der Waals surface area contributed by atoms with Crippen molar-refractivity contribution in [2.75, 3.05) is 6.54 Å². The highest BCUT2D eigenvalue weighted by Gasteiger charge is 2.35. The number of carboxylic acid groups (broad SMARTS) is 1. The van der Waals surface area contributed by atoms with Gasteiger partial charge in [0.2, 0.25) is 5.91 Å². The Kier molecular flexibility index (Phi) is 4.93. The molecule has 0 spiro atoms. The zero-order valence-electron chi connectivity index (χ0n) is 10.6. The van der Waals surface area contributed by atoms with Crippen molar-refractivity contribution in [1.29, 1.82) is 0 Å². The van der Waals surface area contributed by atoms with Crippen LogP contribution < -0.4 is 5.73 Å². The maximum absolute atomic E-state index is 12.2. The third-order valence-corrected chi connectivity index (χ3v) is 3.61. The first-order valence-electron chi connectivity index (χ1n) is 6.27. The van der Waals surface area contributed by atoms with Crippen LogP contribution >= 0.6 is 0 Å². The number of nitrogens with zero attached hydrogens (tertiary/aromatic N) is 1. The zero-order valence-corrected chi connectivity index (χ0v) is 10.6. The van der Waals surface area contributed by atoms with Crippen molar-refractivity contribution in [2.45, 2.75) is 51.6 Å². The van der Waals surface area contributed by atoms with Gasteiger partial charge in [0.05, 0.1) is 6.04 Å². The Labute approximate surface area is 102 Å². The van der Waals surface area contributed by atoms with E-state index in [1.165, 1.54) is 4.90 Å². The molecule has 1 heterocycles. The van der Waals surface area contributed by atoms with Crippen LogP contribution in [-0.2, 0) is 9.59 Å². The highest BCUT2D eigenvalue weighted by molar-refractivity contribution is 5.87. The molecule has 17 heavy (non-hydrogen) atoms. The SMILES string of the molecule is CCC(C)[C@H](N)C(=O)N1CCCC[C@H]1C(=O)O. The quantitative estimate of drug-likeness (QED) is 0.764. The minimum absolute atomic E-state index is 0.0823. The number of nitrogens with two attached hydrogens (primary N) is 1. The topological polar surface area (TPSA) is 83.6 Å². The summed E-state index contributed by atoms with van der Waals surface area (Å²) in [6.07, 6.45) is 3.08. The predicted octanol–water partition coefficient (Wildman–Crippen LogP) is 0.825. The molecule has 0 aliphatic carbocycles. The van der Waals surface area contributed by atoms with E-state index in [0.29, 0.717) is 13.0 Å². The van der Waals surface area contributed by atoms with Gasteiger partial charge in [0.25, 0.3) is 0 Å². The van der Waals surface area contributed by atoms with Crippen LogP contribution in [0.3, 0.4) is 0 Å². The molecule has 5 nitrogen and oxygen atoms in total. The number of piperidine rings is 1. The summed E-state index contributed by atoms with van der Waals surface area (Å²) in [5, 5.41) is 9.10. The molecule has 1 rings (SSSR count). The molecular formula is C12H22N2O3. The standard InChI is InChI=1S/C12H22N2O3/c1-3-8(2)10(13)11(15)14-7-5-4-6-9(14)12(16)17/h8-10H,3-7,13H2,1-2H3,(H,16,17)/t8?,9-,10-/m0/s1. The van der Waals surface area contributed by atoms with Gasteiger partial charge in [0.15, 0.2) is 0 Å². The van der Waals surface area contributed by atoms with Crippen molar-refractivity contribution >= 4 is 11.9 Å². The predicted molar refractivity (Wildman–Crippen MR) is 64.4 cm³/mol. The van der Waals surface area contributed by atoms with Gasteiger partial charge >= 0.3 is 5.97 Å². The molecule has 1 amide bonds. The first-order chi connectivity index (χ1) is 7.99. The zero-order chi connectivity index (χ0) is 13.0. The van der Waals surface area contributed by atoms with Gasteiger partial charge in [-0.1, -0.05) is 20.3 Å². The Morgan fingerprint density at radius 2 is 2.12 bits per heavy atom. The average molecular weight is 242 g/mol. The van der Waals surface area contributed by atoms with Crippen molar-refractivity contribution in [3.63, 3.8) is 0 Å². The summed E-state index contributed by atoms with van der Waals surface area (Å²) in [6.45, 7) is 4.41. The summed E-state index contributed by atoms with van der Waals surface area (Å²) >= 11 is 0. The summed E-state index contributed by atoms with van der Waals surface area (Å²) in [5.41, 5.74) is 5.88. The minimum atomic E-state index is -0.922. The Balaban J connectivity index is 2.74. The van der Waals surface area contributed by atoms with Crippen LogP contribution in [0.15, 0.2) is 0 Å². The highest BCUT2D eigenvalue weighted by atomic mass is 16.4. The van der Waals surface area contributed by atoms with E-state index >= 15 is 0 Å². The third-order valence-electron chi connectivity index (χ3n) is 3.61. The largest absolute Gasteiger partial charge is 0.480 e. The number of amides is 1. The van der Waals surface area contributed by atoms with E-state index in [0.717, 1.165) is 19.3 Å². The van der Waals surface area contributed by atoms with Crippen LogP contribution in [0.5, 0.6) is 0 Å². The van der Waals surface area contributed by atoms with Gasteiger partial charge in [-0.05, 0) is 25.2 Å². The van der Waals surface area contributed by atoms with Crippen molar-refractivity contribution in [3.05, 3.63) is 0 Å². The number of hydrogen-bond donors (Lipinski definition) is 2. The highest BCUT2D eigenvalue weighted by Crippen LogP contribution is 2.20. The lowest BCUT2D eigenvalue weighted by molar-refractivity contribution is -0.153. The van der Waals surface area contributed by atoms with E-state index in [9.17, 15) is 9.59 Å². The molecule has 0 aromatic rings. The molecule has 0 bridgehead atoms. The van der Waals surface area contributed by atoms with E-state index in [-0.39, 0.29) is 11.8 Å². The average Bonchev–Trinajstić information content (AvgIpc) is 2.35. The molecule has 3 N–H and O–H groups in total. The lowest BCUT2D eigenvalue weighted by Crippen LogP contribution is -2.55. The fourth-order valence-electron chi connectivity index (χ4n) is 2.14. The van der Waals surface area contributed by atoms with Gasteiger partial charge in [-0.3, -0.25) is 4.79 Å². The second-order valence-corrected chi connectivity index (χ2v) is 4.79. The maximum atomic E-state index is 12.2. The first-order valence-corrected chi connectivity index (χ1v) is 6.27. The number of likely N-dealkylation sites (tertiary alicyclic amines) is 1. The Bertz CT molecular complexity index is 293. The van der Waals surface area contributed by atoms with Crippen LogP contribution in [0.25, 0.3) is 0 Å². The lowest BCUT2D eigenvalue weighted by Gasteiger charge is -2.35. The molecular weight excluding hydrogens is 220 g/mol. The minimum Gasteiger partial charge on any atom is -0.480 e. The molecule has 1 fully saturated rings. The molecule has 0 aromatic carbocycles. The van der Waals surface area contributed by atoms with E-state index in [4.69, 9.17) is 10.8 Å². The second kappa shape index (κ2) is 6.00. The lowest BCUT2D eigenvalue weighted by atomic mass is 9.95. The van der Waals surface area contributed by atoms with E-state index < -0.39 is 18.1 Å². The monoisotopic (exact) mass is 242 g/mol. The molecule has 1 aliphatic heterocycles. The van der Waals surface area contributed by atoms with E-state index in [1.807, 2.05) is 13.8 Å². The Morgan fingerprint density at radius 3 is 2.65 bits per heavy atom. The number of carbonyl (C=O) groups is 2. The molecule has 5 heteroatoms. The normalized spacial score (nSPS) is 24.2. The van der Waals surface area contributed by atoms with Gasteiger partial charge < -0.3 is 15.7 Å². The van der Waals surface area contributed by atoms with Crippen molar-refractivity contribution in [3.8, 4) is 0 Å². The van der Waals surface area contributed by atoms with Crippen molar-refractivity contribution in [1.82, 2.24) is 4.90 Å². The van der Waals surface area contributed by atoms with Crippen LogP contribution in [0, 0.1) is 5.92 Å². The summed E-state index contributed by atoms with van der Waals surface area (Å²) in [4.78, 5) is 24.7. The number of carbonyl (C=O) groups excluding carboxylic acids is 1. The van der Waals surface area contributed by atoms with Crippen LogP contribution in [0.4, 0.5) is 0 Å². The molecule has 3 atom stereocenters. The van der Waals surface area contributed by atoms with Crippen LogP contribution in [-0.4, -0.2) is 40.5 Å². The maximum Gasteiger partial charge on any atom is 0.326 e. The molecule has 98 valence electrons.